The van der Waals surface area contributed by atoms with Crippen LogP contribution in [0.25, 0.3) is 0 Å². The molecule has 0 spiro atoms. The Kier molecular flexibility index (Phi) is 6.98. The van der Waals surface area contributed by atoms with Crippen molar-refractivity contribution in [2.24, 2.45) is 7.05 Å². The number of nitrogens with one attached hydrogen (secondary N) is 1. The Labute approximate surface area is 175 Å². The van der Waals surface area contributed by atoms with E-state index in [1.54, 1.807) is 11.8 Å². The first-order chi connectivity index (χ1) is 13.0. The first-order valence-corrected chi connectivity index (χ1v) is 11.0. The Bertz CT molecular complexity index is 910. The Hall–Kier alpha value is -1.77. The number of hydrogen-bond donors (Lipinski definition) is 1. The third-order valence-corrected chi connectivity index (χ3v) is 6.33. The molecule has 3 rings (SSSR count). The van der Waals surface area contributed by atoms with E-state index < -0.39 is 0 Å². The number of rotatable bonds is 7. The smallest absolute Gasteiger partial charge is 0.234 e. The number of anilines is 1. The molecule has 0 saturated heterocycles. The minimum absolute atomic E-state index is 0.0686. The summed E-state index contributed by atoms with van der Waals surface area (Å²) in [6.45, 7) is 2.08. The fourth-order valence-corrected chi connectivity index (χ4v) is 4.11. The number of aromatic nitrogens is 3. The topological polar surface area (TPSA) is 59.8 Å². The van der Waals surface area contributed by atoms with Crippen molar-refractivity contribution < 1.29 is 4.79 Å². The van der Waals surface area contributed by atoms with Gasteiger partial charge in [-0.2, -0.15) is 0 Å². The molecule has 1 aromatic heterocycles. The lowest BCUT2D eigenvalue weighted by molar-refractivity contribution is -0.113. The van der Waals surface area contributed by atoms with Crippen LogP contribution in [0, 0.1) is 6.92 Å². The second kappa shape index (κ2) is 9.43. The summed E-state index contributed by atoms with van der Waals surface area (Å²) in [5.74, 6) is 1.84. The van der Waals surface area contributed by atoms with Gasteiger partial charge in [0, 0.05) is 22.1 Å². The number of nitrogens with zero attached hydrogens (tertiary/aromatic N) is 3. The Balaban J connectivity index is 1.51. The molecule has 0 bridgehead atoms. The van der Waals surface area contributed by atoms with Crippen LogP contribution in [0.4, 0.5) is 5.69 Å². The molecule has 0 unspecified atom stereocenters. The number of thioether (sulfide) groups is 2. The van der Waals surface area contributed by atoms with Crippen molar-refractivity contribution in [1.82, 2.24) is 14.8 Å². The standard InChI is InChI=1S/C19H19BrN4OS2/c1-13-3-9-16(10-4-13)26-11-17-22-23-19(24(17)2)27-12-18(25)21-15-7-5-14(20)6-8-15/h3-10H,11-12H2,1-2H3,(H,21,25). The minimum atomic E-state index is -0.0686. The molecular weight excluding hydrogens is 444 g/mol. The van der Waals surface area contributed by atoms with Crippen LogP contribution >= 0.6 is 39.5 Å². The van der Waals surface area contributed by atoms with Crippen LogP contribution in [0.5, 0.6) is 0 Å². The summed E-state index contributed by atoms with van der Waals surface area (Å²) in [4.78, 5) is 13.3. The zero-order chi connectivity index (χ0) is 19.2. The zero-order valence-corrected chi connectivity index (χ0v) is 18.2. The minimum Gasteiger partial charge on any atom is -0.325 e. The van der Waals surface area contributed by atoms with Gasteiger partial charge in [0.25, 0.3) is 0 Å². The SMILES string of the molecule is Cc1ccc(SCc2nnc(SCC(=O)Nc3ccc(Br)cc3)n2C)cc1. The highest BCUT2D eigenvalue weighted by atomic mass is 79.9. The van der Waals surface area contributed by atoms with Gasteiger partial charge in [0.1, 0.15) is 5.82 Å². The van der Waals surface area contributed by atoms with Gasteiger partial charge >= 0.3 is 0 Å². The molecule has 1 N–H and O–H groups in total. The summed E-state index contributed by atoms with van der Waals surface area (Å²) in [6.07, 6.45) is 0. The highest BCUT2D eigenvalue weighted by molar-refractivity contribution is 9.10. The predicted molar refractivity (Wildman–Crippen MR) is 115 cm³/mol. The Morgan fingerprint density at radius 2 is 1.78 bits per heavy atom. The lowest BCUT2D eigenvalue weighted by Crippen LogP contribution is -2.14. The molecule has 0 radical (unpaired) electrons. The fourth-order valence-electron chi connectivity index (χ4n) is 2.24. The van der Waals surface area contributed by atoms with E-state index in [9.17, 15) is 4.79 Å². The number of carbonyl (C=O) groups is 1. The van der Waals surface area contributed by atoms with E-state index in [4.69, 9.17) is 0 Å². The highest BCUT2D eigenvalue weighted by Gasteiger charge is 2.12. The van der Waals surface area contributed by atoms with E-state index >= 15 is 0 Å². The fraction of sp³-hybridized carbons (Fsp3) is 0.211. The quantitative estimate of drug-likeness (QED) is 0.505. The maximum absolute atomic E-state index is 12.1. The zero-order valence-electron chi connectivity index (χ0n) is 15.0. The molecule has 1 amide bonds. The van der Waals surface area contributed by atoms with Crippen molar-refractivity contribution in [3.8, 4) is 0 Å². The van der Waals surface area contributed by atoms with Gasteiger partial charge in [-0.25, -0.2) is 0 Å². The molecule has 8 heteroatoms. The van der Waals surface area contributed by atoms with Crippen LogP contribution in [0.1, 0.15) is 11.4 Å². The number of carbonyl (C=O) groups excluding carboxylic acids is 1. The molecular formula is C19H19BrN4OS2. The molecule has 27 heavy (non-hydrogen) atoms. The molecule has 0 atom stereocenters. The molecule has 0 aliphatic carbocycles. The van der Waals surface area contributed by atoms with Crippen molar-refractivity contribution in [1.29, 1.82) is 0 Å². The molecule has 140 valence electrons. The highest BCUT2D eigenvalue weighted by Crippen LogP contribution is 2.24. The van der Waals surface area contributed by atoms with Gasteiger partial charge in [0.15, 0.2) is 5.16 Å². The first kappa shape index (κ1) is 20.0. The number of halogens is 1. The molecule has 0 saturated carbocycles. The van der Waals surface area contributed by atoms with Crippen LogP contribution in [0.15, 0.2) is 63.1 Å². The van der Waals surface area contributed by atoms with Gasteiger partial charge in [-0.05, 0) is 43.3 Å². The molecule has 5 nitrogen and oxygen atoms in total. The van der Waals surface area contributed by atoms with E-state index in [1.807, 2.05) is 35.9 Å². The van der Waals surface area contributed by atoms with Crippen LogP contribution in [0.3, 0.4) is 0 Å². The van der Waals surface area contributed by atoms with Crippen LogP contribution in [-0.2, 0) is 17.6 Å². The number of benzene rings is 2. The molecule has 0 aliphatic heterocycles. The second-order valence-electron chi connectivity index (χ2n) is 5.90. The number of hydrogen-bond acceptors (Lipinski definition) is 5. The summed E-state index contributed by atoms with van der Waals surface area (Å²) in [5, 5.41) is 12.1. The second-order valence-corrected chi connectivity index (χ2v) is 8.81. The van der Waals surface area contributed by atoms with Gasteiger partial charge in [-0.15, -0.1) is 22.0 Å². The average Bonchev–Trinajstić information content (AvgIpc) is 3.01. The molecule has 0 fully saturated rings. The predicted octanol–water partition coefficient (Wildman–Crippen LogP) is 4.91. The van der Waals surface area contributed by atoms with Crippen LogP contribution in [-0.4, -0.2) is 26.4 Å². The number of amides is 1. The van der Waals surface area contributed by atoms with E-state index in [1.165, 1.54) is 22.2 Å². The van der Waals surface area contributed by atoms with Gasteiger partial charge in [-0.3, -0.25) is 4.79 Å². The van der Waals surface area contributed by atoms with Crippen LogP contribution in [0.2, 0.25) is 0 Å². The van der Waals surface area contributed by atoms with Crippen LogP contribution < -0.4 is 5.32 Å². The van der Waals surface area contributed by atoms with Gasteiger partial charge in [0.2, 0.25) is 5.91 Å². The molecule has 3 aromatic rings. The summed E-state index contributed by atoms with van der Waals surface area (Å²) in [5.41, 5.74) is 2.02. The van der Waals surface area contributed by atoms with Crippen molar-refractivity contribution >= 4 is 51.0 Å². The Morgan fingerprint density at radius 3 is 2.48 bits per heavy atom. The lowest BCUT2D eigenvalue weighted by atomic mass is 10.2. The summed E-state index contributed by atoms with van der Waals surface area (Å²) in [6, 6.07) is 15.9. The summed E-state index contributed by atoms with van der Waals surface area (Å²) >= 11 is 6.48. The lowest BCUT2D eigenvalue weighted by Gasteiger charge is -2.06. The molecule has 0 aliphatic rings. The normalized spacial score (nSPS) is 10.8. The average molecular weight is 463 g/mol. The summed E-state index contributed by atoms with van der Waals surface area (Å²) in [7, 11) is 1.93. The number of aryl methyl sites for hydroxylation is 1. The summed E-state index contributed by atoms with van der Waals surface area (Å²) < 4.78 is 2.92. The van der Waals surface area contributed by atoms with E-state index in [-0.39, 0.29) is 11.7 Å². The third-order valence-electron chi connectivity index (χ3n) is 3.77. The van der Waals surface area contributed by atoms with Crippen molar-refractivity contribution in [3.63, 3.8) is 0 Å². The first-order valence-electron chi connectivity index (χ1n) is 8.27. The monoisotopic (exact) mass is 462 g/mol. The van der Waals surface area contributed by atoms with E-state index in [0.29, 0.717) is 0 Å². The van der Waals surface area contributed by atoms with E-state index in [0.717, 1.165) is 26.9 Å². The van der Waals surface area contributed by atoms with Crippen molar-refractivity contribution in [2.45, 2.75) is 22.7 Å². The Morgan fingerprint density at radius 1 is 1.07 bits per heavy atom. The maximum atomic E-state index is 12.1. The van der Waals surface area contributed by atoms with E-state index in [2.05, 4.69) is 62.6 Å². The van der Waals surface area contributed by atoms with Gasteiger partial charge < -0.3 is 9.88 Å². The van der Waals surface area contributed by atoms with Gasteiger partial charge in [-0.1, -0.05) is 45.4 Å². The van der Waals surface area contributed by atoms with Crippen molar-refractivity contribution in [3.05, 3.63) is 64.4 Å². The largest absolute Gasteiger partial charge is 0.325 e. The van der Waals surface area contributed by atoms with Crippen molar-refractivity contribution in [2.75, 3.05) is 11.1 Å². The molecule has 2 aromatic carbocycles. The maximum Gasteiger partial charge on any atom is 0.234 e. The van der Waals surface area contributed by atoms with Gasteiger partial charge in [0.05, 0.1) is 11.5 Å². The third kappa shape index (κ3) is 5.85. The molecule has 1 heterocycles.